The minimum absolute atomic E-state index is 0.0694. The molecule has 70 valence electrons. The summed E-state index contributed by atoms with van der Waals surface area (Å²) >= 11 is 5.57. The number of pyridine rings is 1. The lowest BCUT2D eigenvalue weighted by Gasteiger charge is -2.02. The number of rotatable bonds is 2. The van der Waals surface area contributed by atoms with Crippen LogP contribution in [0.25, 0.3) is 0 Å². The van der Waals surface area contributed by atoms with Gasteiger partial charge in [-0.1, -0.05) is 11.6 Å². The molecule has 0 spiro atoms. The van der Waals surface area contributed by atoms with Gasteiger partial charge in [-0.15, -0.1) is 0 Å². The van der Waals surface area contributed by atoms with Crippen molar-refractivity contribution in [2.75, 3.05) is 7.11 Å². The Labute approximate surface area is 79.5 Å². The summed E-state index contributed by atoms with van der Waals surface area (Å²) in [5, 5.41) is -0.0830. The number of hydrogen-bond donors (Lipinski definition) is 0. The Morgan fingerprint density at radius 2 is 2.38 bits per heavy atom. The van der Waals surface area contributed by atoms with E-state index in [9.17, 15) is 9.18 Å². The number of methoxy groups -OCH3 is 1. The van der Waals surface area contributed by atoms with Crippen LogP contribution in [0, 0.1) is 5.82 Å². The molecule has 1 heterocycles. The lowest BCUT2D eigenvalue weighted by Crippen LogP contribution is -2.05. The fraction of sp³-hybridized carbons (Fsp3) is 0.250. The SMILES string of the molecule is COC(=O)Cc1cncc(F)c1Cl. The third kappa shape index (κ3) is 2.39. The molecule has 0 amide bonds. The van der Waals surface area contributed by atoms with Gasteiger partial charge in [0.15, 0.2) is 5.82 Å². The topological polar surface area (TPSA) is 39.2 Å². The van der Waals surface area contributed by atoms with Gasteiger partial charge in [-0.3, -0.25) is 9.78 Å². The van der Waals surface area contributed by atoms with E-state index in [4.69, 9.17) is 11.6 Å². The molecule has 0 N–H and O–H groups in total. The highest BCUT2D eigenvalue weighted by Crippen LogP contribution is 2.18. The normalized spacial score (nSPS) is 9.77. The number of halogens is 2. The lowest BCUT2D eigenvalue weighted by molar-refractivity contribution is -0.139. The summed E-state index contributed by atoms with van der Waals surface area (Å²) in [6, 6.07) is 0. The van der Waals surface area contributed by atoms with Crippen molar-refractivity contribution in [3.63, 3.8) is 0 Å². The second-order valence-electron chi connectivity index (χ2n) is 2.35. The highest BCUT2D eigenvalue weighted by molar-refractivity contribution is 6.31. The van der Waals surface area contributed by atoms with Crippen LogP contribution in [-0.4, -0.2) is 18.1 Å². The van der Waals surface area contributed by atoms with E-state index in [2.05, 4.69) is 9.72 Å². The highest BCUT2D eigenvalue weighted by Gasteiger charge is 2.10. The number of ether oxygens (including phenoxy) is 1. The molecule has 0 aromatic carbocycles. The fourth-order valence-electron chi connectivity index (χ4n) is 0.810. The van der Waals surface area contributed by atoms with E-state index in [0.29, 0.717) is 5.56 Å². The van der Waals surface area contributed by atoms with Crippen LogP contribution in [0.3, 0.4) is 0 Å². The van der Waals surface area contributed by atoms with Gasteiger partial charge in [0.1, 0.15) is 0 Å². The molecule has 1 aromatic heterocycles. The standard InChI is InChI=1S/C8H7ClFNO2/c1-13-7(12)2-5-3-11-4-6(10)8(5)9/h3-4H,2H2,1H3. The van der Waals surface area contributed by atoms with E-state index in [1.54, 1.807) is 0 Å². The Balaban J connectivity index is 2.89. The molecule has 13 heavy (non-hydrogen) atoms. The van der Waals surface area contributed by atoms with Crippen molar-refractivity contribution in [3.8, 4) is 0 Å². The zero-order valence-corrected chi connectivity index (χ0v) is 7.64. The van der Waals surface area contributed by atoms with Gasteiger partial charge in [0.05, 0.1) is 24.8 Å². The Morgan fingerprint density at radius 3 is 3.00 bits per heavy atom. The zero-order valence-electron chi connectivity index (χ0n) is 6.88. The summed E-state index contributed by atoms with van der Waals surface area (Å²) in [6.45, 7) is 0. The molecule has 0 aliphatic heterocycles. The molecule has 0 saturated heterocycles. The average Bonchev–Trinajstić information content (AvgIpc) is 2.13. The van der Waals surface area contributed by atoms with Crippen LogP contribution < -0.4 is 0 Å². The number of aromatic nitrogens is 1. The molecule has 0 unspecified atom stereocenters. The van der Waals surface area contributed by atoms with Crippen molar-refractivity contribution < 1.29 is 13.9 Å². The maximum atomic E-state index is 12.8. The average molecular weight is 204 g/mol. The third-order valence-electron chi connectivity index (χ3n) is 1.47. The summed E-state index contributed by atoms with van der Waals surface area (Å²) in [6.07, 6.45) is 2.26. The smallest absolute Gasteiger partial charge is 0.310 e. The summed E-state index contributed by atoms with van der Waals surface area (Å²) in [5.41, 5.74) is 0.327. The summed E-state index contributed by atoms with van der Waals surface area (Å²) in [4.78, 5) is 14.4. The van der Waals surface area contributed by atoms with Gasteiger partial charge < -0.3 is 4.74 Å². The molecule has 0 bridgehead atoms. The molecule has 1 rings (SSSR count). The van der Waals surface area contributed by atoms with E-state index >= 15 is 0 Å². The summed E-state index contributed by atoms with van der Waals surface area (Å²) in [5.74, 6) is -1.11. The highest BCUT2D eigenvalue weighted by atomic mass is 35.5. The van der Waals surface area contributed by atoms with Crippen molar-refractivity contribution in [1.29, 1.82) is 0 Å². The van der Waals surface area contributed by atoms with Gasteiger partial charge in [-0.2, -0.15) is 0 Å². The number of nitrogens with zero attached hydrogens (tertiary/aromatic N) is 1. The number of hydrogen-bond acceptors (Lipinski definition) is 3. The van der Waals surface area contributed by atoms with Crippen molar-refractivity contribution in [1.82, 2.24) is 4.98 Å². The van der Waals surface area contributed by atoms with Crippen molar-refractivity contribution in [2.45, 2.75) is 6.42 Å². The molecule has 0 aliphatic rings. The van der Waals surface area contributed by atoms with Gasteiger partial charge in [0, 0.05) is 11.8 Å². The molecular formula is C8H7ClFNO2. The molecule has 0 fully saturated rings. The molecule has 0 aliphatic carbocycles. The summed E-state index contributed by atoms with van der Waals surface area (Å²) in [7, 11) is 1.25. The van der Waals surface area contributed by atoms with Gasteiger partial charge in [0.25, 0.3) is 0 Å². The number of carbonyl (C=O) groups excluding carboxylic acids is 1. The van der Waals surface area contributed by atoms with E-state index in [1.807, 2.05) is 0 Å². The second-order valence-corrected chi connectivity index (χ2v) is 2.73. The van der Waals surface area contributed by atoms with Crippen LogP contribution in [0.2, 0.25) is 5.02 Å². The fourth-order valence-corrected chi connectivity index (χ4v) is 0.975. The Kier molecular flexibility index (Phi) is 3.19. The monoisotopic (exact) mass is 203 g/mol. The van der Waals surface area contributed by atoms with E-state index < -0.39 is 11.8 Å². The summed E-state index contributed by atoms with van der Waals surface area (Å²) < 4.78 is 17.2. The van der Waals surface area contributed by atoms with E-state index in [1.165, 1.54) is 13.3 Å². The number of esters is 1. The Hall–Kier alpha value is -1.16. The lowest BCUT2D eigenvalue weighted by atomic mass is 10.2. The molecule has 1 aromatic rings. The van der Waals surface area contributed by atoms with Crippen molar-refractivity contribution in [2.24, 2.45) is 0 Å². The quantitative estimate of drug-likeness (QED) is 0.686. The predicted octanol–water partition coefficient (Wildman–Crippen LogP) is 1.59. The zero-order chi connectivity index (χ0) is 9.84. The van der Waals surface area contributed by atoms with Crippen LogP contribution in [-0.2, 0) is 16.0 Å². The molecule has 3 nitrogen and oxygen atoms in total. The largest absolute Gasteiger partial charge is 0.469 e. The first-order valence-electron chi connectivity index (χ1n) is 3.50. The first-order valence-corrected chi connectivity index (χ1v) is 3.87. The van der Waals surface area contributed by atoms with Crippen LogP contribution in [0.4, 0.5) is 4.39 Å². The second kappa shape index (κ2) is 4.18. The minimum atomic E-state index is -0.636. The maximum absolute atomic E-state index is 12.8. The van der Waals surface area contributed by atoms with Crippen molar-refractivity contribution in [3.05, 3.63) is 28.8 Å². The maximum Gasteiger partial charge on any atom is 0.310 e. The van der Waals surface area contributed by atoms with Crippen LogP contribution in [0.15, 0.2) is 12.4 Å². The molecule has 0 radical (unpaired) electrons. The minimum Gasteiger partial charge on any atom is -0.469 e. The van der Waals surface area contributed by atoms with Crippen LogP contribution in [0.1, 0.15) is 5.56 Å². The van der Waals surface area contributed by atoms with Gasteiger partial charge in [0.2, 0.25) is 0 Å². The molecular weight excluding hydrogens is 197 g/mol. The third-order valence-corrected chi connectivity index (χ3v) is 1.90. The molecule has 5 heteroatoms. The number of carbonyl (C=O) groups is 1. The van der Waals surface area contributed by atoms with Gasteiger partial charge in [-0.25, -0.2) is 4.39 Å². The van der Waals surface area contributed by atoms with E-state index in [0.717, 1.165) is 6.20 Å². The first kappa shape index (κ1) is 9.92. The van der Waals surface area contributed by atoms with Crippen molar-refractivity contribution >= 4 is 17.6 Å². The molecule has 0 atom stereocenters. The van der Waals surface area contributed by atoms with Crippen LogP contribution >= 0.6 is 11.6 Å². The van der Waals surface area contributed by atoms with E-state index in [-0.39, 0.29) is 11.4 Å². The predicted molar refractivity (Wildman–Crippen MR) is 44.9 cm³/mol. The Morgan fingerprint density at radius 1 is 1.69 bits per heavy atom. The van der Waals surface area contributed by atoms with Gasteiger partial charge >= 0.3 is 5.97 Å². The first-order chi connectivity index (χ1) is 6.15. The van der Waals surface area contributed by atoms with Gasteiger partial charge in [-0.05, 0) is 0 Å². The molecule has 0 saturated carbocycles. The van der Waals surface area contributed by atoms with Crippen LogP contribution in [0.5, 0.6) is 0 Å². The Bertz CT molecular complexity index is 330.